The number of esters is 1. The Morgan fingerprint density at radius 3 is 2.17 bits per heavy atom. The SMILES string of the molecule is CCCCCCCCCC(CC)OC(=O)c1ccccc1NC(=O)c1ccccc1. The lowest BCUT2D eigenvalue weighted by Crippen LogP contribution is -2.20. The van der Waals surface area contributed by atoms with Crippen molar-refractivity contribution < 1.29 is 14.3 Å². The molecule has 1 atom stereocenters. The van der Waals surface area contributed by atoms with E-state index >= 15 is 0 Å². The van der Waals surface area contributed by atoms with Gasteiger partial charge in [-0.25, -0.2) is 4.79 Å². The highest BCUT2D eigenvalue weighted by molar-refractivity contribution is 6.08. The lowest BCUT2D eigenvalue weighted by atomic mass is 10.0. The van der Waals surface area contributed by atoms with Crippen molar-refractivity contribution in [1.82, 2.24) is 0 Å². The van der Waals surface area contributed by atoms with Crippen LogP contribution in [0.3, 0.4) is 0 Å². The van der Waals surface area contributed by atoms with Crippen LogP contribution in [-0.4, -0.2) is 18.0 Å². The summed E-state index contributed by atoms with van der Waals surface area (Å²) in [5.41, 5.74) is 1.41. The first-order valence-electron chi connectivity index (χ1n) is 11.3. The third kappa shape index (κ3) is 8.02. The first kappa shape index (κ1) is 23.7. The minimum atomic E-state index is -0.381. The van der Waals surface area contributed by atoms with Gasteiger partial charge in [0.15, 0.2) is 0 Å². The summed E-state index contributed by atoms with van der Waals surface area (Å²) in [4.78, 5) is 25.3. The summed E-state index contributed by atoms with van der Waals surface area (Å²) in [5, 5.41) is 2.84. The van der Waals surface area contributed by atoms with Crippen LogP contribution in [0.4, 0.5) is 5.69 Å². The molecule has 4 heteroatoms. The molecule has 0 aliphatic rings. The minimum Gasteiger partial charge on any atom is -0.459 e. The number of benzene rings is 2. The summed E-state index contributed by atoms with van der Waals surface area (Å²) >= 11 is 0. The van der Waals surface area contributed by atoms with Crippen LogP contribution in [0.2, 0.25) is 0 Å². The van der Waals surface area contributed by atoms with Crippen molar-refractivity contribution in [3.8, 4) is 0 Å². The fourth-order valence-corrected chi connectivity index (χ4v) is 3.44. The second-order valence-electron chi connectivity index (χ2n) is 7.71. The molecule has 2 rings (SSSR count). The fraction of sp³-hybridized carbons (Fsp3) is 0.462. The number of ether oxygens (including phenoxy) is 1. The normalized spacial score (nSPS) is 11.7. The number of carbonyl (C=O) groups excluding carboxylic acids is 2. The second kappa shape index (κ2) is 13.6. The summed E-state index contributed by atoms with van der Waals surface area (Å²) < 4.78 is 5.77. The number of nitrogens with one attached hydrogen (secondary N) is 1. The molecular formula is C26H35NO3. The minimum absolute atomic E-state index is 0.0916. The Morgan fingerprint density at radius 1 is 0.833 bits per heavy atom. The third-order valence-electron chi connectivity index (χ3n) is 5.29. The van der Waals surface area contributed by atoms with Crippen LogP contribution in [0.15, 0.2) is 54.6 Å². The van der Waals surface area contributed by atoms with Crippen LogP contribution in [0.5, 0.6) is 0 Å². The van der Waals surface area contributed by atoms with Gasteiger partial charge in [0.2, 0.25) is 0 Å². The second-order valence-corrected chi connectivity index (χ2v) is 7.71. The number of amides is 1. The summed E-state index contributed by atoms with van der Waals surface area (Å²) in [6, 6.07) is 16.0. The molecule has 0 aromatic heterocycles. The molecule has 0 bridgehead atoms. The summed E-state index contributed by atoms with van der Waals surface area (Å²) in [5.74, 6) is -0.625. The number of unbranched alkanes of at least 4 members (excludes halogenated alkanes) is 6. The standard InChI is InChI=1S/C26H35NO3/c1-3-5-6-7-8-9-13-18-22(4-2)30-26(29)23-19-14-15-20-24(23)27-25(28)21-16-11-10-12-17-21/h10-12,14-17,19-20,22H,3-9,13,18H2,1-2H3,(H,27,28). The monoisotopic (exact) mass is 409 g/mol. The molecule has 2 aromatic rings. The van der Waals surface area contributed by atoms with Crippen molar-refractivity contribution in [2.45, 2.75) is 77.7 Å². The van der Waals surface area contributed by atoms with Crippen LogP contribution in [0.25, 0.3) is 0 Å². The summed E-state index contributed by atoms with van der Waals surface area (Å²) in [7, 11) is 0. The molecule has 0 heterocycles. The molecule has 1 amide bonds. The Hall–Kier alpha value is -2.62. The Bertz CT molecular complexity index is 773. The zero-order valence-corrected chi connectivity index (χ0v) is 18.4. The smallest absolute Gasteiger partial charge is 0.340 e. The van der Waals surface area contributed by atoms with E-state index in [0.717, 1.165) is 19.3 Å². The van der Waals surface area contributed by atoms with Gasteiger partial charge in [-0.1, -0.05) is 82.7 Å². The van der Waals surface area contributed by atoms with Crippen molar-refractivity contribution in [2.24, 2.45) is 0 Å². The van der Waals surface area contributed by atoms with Gasteiger partial charge in [-0.15, -0.1) is 0 Å². The van der Waals surface area contributed by atoms with Gasteiger partial charge in [0.25, 0.3) is 5.91 Å². The van der Waals surface area contributed by atoms with Gasteiger partial charge in [0.1, 0.15) is 6.10 Å². The van der Waals surface area contributed by atoms with E-state index < -0.39 is 0 Å². The molecule has 2 aromatic carbocycles. The first-order chi connectivity index (χ1) is 14.7. The highest BCUT2D eigenvalue weighted by Gasteiger charge is 2.18. The van der Waals surface area contributed by atoms with Gasteiger partial charge < -0.3 is 10.1 Å². The van der Waals surface area contributed by atoms with E-state index in [9.17, 15) is 9.59 Å². The molecule has 0 saturated carbocycles. The fourth-order valence-electron chi connectivity index (χ4n) is 3.44. The number of rotatable bonds is 13. The topological polar surface area (TPSA) is 55.4 Å². The molecule has 0 fully saturated rings. The molecule has 1 N–H and O–H groups in total. The molecule has 162 valence electrons. The average molecular weight is 410 g/mol. The van der Waals surface area contributed by atoms with E-state index in [1.54, 1.807) is 36.4 Å². The molecular weight excluding hydrogens is 374 g/mol. The molecule has 0 saturated heterocycles. The summed E-state index contributed by atoms with van der Waals surface area (Å²) in [6.45, 7) is 4.27. The number of para-hydroxylation sites is 1. The Morgan fingerprint density at radius 2 is 1.47 bits per heavy atom. The maximum atomic E-state index is 12.8. The van der Waals surface area contributed by atoms with Crippen molar-refractivity contribution in [2.75, 3.05) is 5.32 Å². The first-order valence-corrected chi connectivity index (χ1v) is 11.3. The van der Waals surface area contributed by atoms with Crippen LogP contribution >= 0.6 is 0 Å². The largest absolute Gasteiger partial charge is 0.459 e. The Labute approximate surface area is 181 Å². The van der Waals surface area contributed by atoms with Crippen molar-refractivity contribution >= 4 is 17.6 Å². The quantitative estimate of drug-likeness (QED) is 0.286. The van der Waals surface area contributed by atoms with Gasteiger partial charge >= 0.3 is 5.97 Å². The lowest BCUT2D eigenvalue weighted by molar-refractivity contribution is 0.0268. The van der Waals surface area contributed by atoms with E-state index in [2.05, 4.69) is 12.2 Å². The maximum Gasteiger partial charge on any atom is 0.340 e. The highest BCUT2D eigenvalue weighted by Crippen LogP contribution is 2.20. The predicted octanol–water partition coefficient (Wildman–Crippen LogP) is 7.02. The van der Waals surface area contributed by atoms with E-state index in [1.165, 1.54) is 38.5 Å². The van der Waals surface area contributed by atoms with Crippen molar-refractivity contribution in [3.63, 3.8) is 0 Å². The number of anilines is 1. The van der Waals surface area contributed by atoms with E-state index in [1.807, 2.05) is 25.1 Å². The van der Waals surface area contributed by atoms with Crippen LogP contribution in [0, 0.1) is 0 Å². The zero-order chi connectivity index (χ0) is 21.6. The highest BCUT2D eigenvalue weighted by atomic mass is 16.5. The van der Waals surface area contributed by atoms with Gasteiger partial charge in [-0.2, -0.15) is 0 Å². The number of hydrogen-bond donors (Lipinski definition) is 1. The molecule has 0 aliphatic heterocycles. The number of carbonyl (C=O) groups is 2. The molecule has 0 spiro atoms. The summed E-state index contributed by atoms with van der Waals surface area (Å²) in [6.07, 6.45) is 10.3. The molecule has 4 nitrogen and oxygen atoms in total. The average Bonchev–Trinajstić information content (AvgIpc) is 2.78. The van der Waals surface area contributed by atoms with Gasteiger partial charge in [-0.05, 0) is 43.5 Å². The van der Waals surface area contributed by atoms with Gasteiger partial charge in [-0.3, -0.25) is 4.79 Å². The zero-order valence-electron chi connectivity index (χ0n) is 18.4. The van der Waals surface area contributed by atoms with Crippen molar-refractivity contribution in [1.29, 1.82) is 0 Å². The van der Waals surface area contributed by atoms with E-state index in [0.29, 0.717) is 16.8 Å². The van der Waals surface area contributed by atoms with Crippen molar-refractivity contribution in [3.05, 3.63) is 65.7 Å². The maximum absolute atomic E-state index is 12.8. The van der Waals surface area contributed by atoms with E-state index in [-0.39, 0.29) is 18.0 Å². The lowest BCUT2D eigenvalue weighted by Gasteiger charge is -2.18. The van der Waals surface area contributed by atoms with E-state index in [4.69, 9.17) is 4.74 Å². The molecule has 30 heavy (non-hydrogen) atoms. The third-order valence-corrected chi connectivity index (χ3v) is 5.29. The Kier molecular flexibility index (Phi) is 10.7. The number of hydrogen-bond acceptors (Lipinski definition) is 3. The van der Waals surface area contributed by atoms with Crippen LogP contribution in [-0.2, 0) is 4.74 Å². The molecule has 0 aliphatic carbocycles. The molecule has 0 radical (unpaired) electrons. The predicted molar refractivity (Wildman–Crippen MR) is 123 cm³/mol. The Balaban J connectivity index is 1.88. The molecule has 1 unspecified atom stereocenters. The van der Waals surface area contributed by atoms with Gasteiger partial charge in [0, 0.05) is 5.56 Å². The van der Waals surface area contributed by atoms with Crippen LogP contribution in [0.1, 0.15) is 92.4 Å². The van der Waals surface area contributed by atoms with Gasteiger partial charge in [0.05, 0.1) is 11.3 Å². The van der Waals surface area contributed by atoms with Crippen LogP contribution < -0.4 is 5.32 Å².